The van der Waals surface area contributed by atoms with Gasteiger partial charge >= 0.3 is 5.97 Å². The van der Waals surface area contributed by atoms with Crippen molar-refractivity contribution in [1.29, 1.82) is 0 Å². The molecule has 1 aromatic rings. The van der Waals surface area contributed by atoms with Crippen molar-refractivity contribution in [3.8, 4) is 0 Å². The predicted molar refractivity (Wildman–Crippen MR) is 92.3 cm³/mol. The molecule has 0 heterocycles. The number of benzene rings is 1. The molecule has 1 rings (SSSR count). The van der Waals surface area contributed by atoms with Crippen LogP contribution in [0.2, 0.25) is 0 Å². The summed E-state index contributed by atoms with van der Waals surface area (Å²) in [6.45, 7) is 7.94. The lowest BCUT2D eigenvalue weighted by Crippen LogP contribution is -2.35. The Kier molecular flexibility index (Phi) is 7.16. The van der Waals surface area contributed by atoms with E-state index >= 15 is 0 Å². The van der Waals surface area contributed by atoms with Crippen LogP contribution in [0.25, 0.3) is 0 Å². The zero-order valence-corrected chi connectivity index (χ0v) is 15.1. The van der Waals surface area contributed by atoms with Crippen molar-refractivity contribution in [2.75, 3.05) is 26.0 Å². The van der Waals surface area contributed by atoms with E-state index in [1.807, 2.05) is 13.8 Å². The summed E-state index contributed by atoms with van der Waals surface area (Å²) >= 11 is 0. The maximum Gasteiger partial charge on any atom is 0.338 e. The Bertz CT molecular complexity index is 724. The number of rotatable bonds is 8. The summed E-state index contributed by atoms with van der Waals surface area (Å²) in [7, 11) is -3.19. The van der Waals surface area contributed by atoms with Gasteiger partial charge in [-0.05, 0) is 31.5 Å². The number of hydrogen-bond acceptors (Lipinski definition) is 5. The van der Waals surface area contributed by atoms with Gasteiger partial charge in [0.1, 0.15) is 0 Å². The van der Waals surface area contributed by atoms with Crippen LogP contribution in [0.5, 0.6) is 0 Å². The van der Waals surface area contributed by atoms with Gasteiger partial charge in [-0.3, -0.25) is 4.79 Å². The zero-order chi connectivity index (χ0) is 18.3. The topological polar surface area (TPSA) is 80.8 Å². The van der Waals surface area contributed by atoms with Gasteiger partial charge in [-0.15, -0.1) is 0 Å². The lowest BCUT2D eigenvalue weighted by atomic mass is 10.1. The van der Waals surface area contributed by atoms with Gasteiger partial charge < -0.3 is 9.64 Å². The second-order valence-electron chi connectivity index (χ2n) is 5.71. The lowest BCUT2D eigenvalue weighted by molar-refractivity contribution is -0.133. The Balaban J connectivity index is 2.70. The molecule has 1 aromatic carbocycles. The standard InChI is InChI=1S/C17H23NO5S/c1-5-18(10-13(2)3)16(19)11-23-17(20)15-8-6-7-14(9-15)12-24(4,21)22/h6-9H,2,5,10-12H2,1,3-4H3. The molecule has 0 spiro atoms. The molecular formula is C17H23NO5S. The molecule has 0 aromatic heterocycles. The van der Waals surface area contributed by atoms with Gasteiger partial charge in [0.05, 0.1) is 11.3 Å². The van der Waals surface area contributed by atoms with Crippen molar-refractivity contribution in [2.24, 2.45) is 0 Å². The molecule has 6 nitrogen and oxygen atoms in total. The largest absolute Gasteiger partial charge is 0.452 e. The summed E-state index contributed by atoms with van der Waals surface area (Å²) in [5.74, 6) is -1.12. The van der Waals surface area contributed by atoms with Crippen molar-refractivity contribution in [1.82, 2.24) is 4.90 Å². The number of carbonyl (C=O) groups excluding carboxylic acids is 2. The van der Waals surface area contributed by atoms with Crippen molar-refractivity contribution in [3.63, 3.8) is 0 Å². The molecule has 0 aliphatic rings. The number of nitrogens with zero attached hydrogens (tertiary/aromatic N) is 1. The number of likely N-dealkylation sites (N-methyl/N-ethyl adjacent to an activating group) is 1. The first kappa shape index (κ1) is 19.9. The third kappa shape index (κ3) is 6.95. The molecule has 0 fully saturated rings. The number of carbonyl (C=O) groups is 2. The highest BCUT2D eigenvalue weighted by molar-refractivity contribution is 7.89. The SMILES string of the molecule is C=C(C)CN(CC)C(=O)COC(=O)c1cccc(CS(C)(=O)=O)c1. The number of hydrogen-bond donors (Lipinski definition) is 0. The van der Waals surface area contributed by atoms with E-state index in [4.69, 9.17) is 4.74 Å². The summed E-state index contributed by atoms with van der Waals surface area (Å²) in [6, 6.07) is 6.18. The fourth-order valence-corrected chi connectivity index (χ4v) is 2.88. The molecule has 7 heteroatoms. The van der Waals surface area contributed by atoms with Crippen molar-refractivity contribution in [2.45, 2.75) is 19.6 Å². The molecular weight excluding hydrogens is 330 g/mol. The highest BCUT2D eigenvalue weighted by atomic mass is 32.2. The molecule has 0 N–H and O–H groups in total. The van der Waals surface area contributed by atoms with Crippen LogP contribution in [0.3, 0.4) is 0 Å². The minimum atomic E-state index is -3.19. The molecule has 132 valence electrons. The third-order valence-corrected chi connectivity index (χ3v) is 3.97. The molecule has 1 amide bonds. The smallest absolute Gasteiger partial charge is 0.338 e. The Labute approximate surface area is 143 Å². The van der Waals surface area contributed by atoms with E-state index in [9.17, 15) is 18.0 Å². The van der Waals surface area contributed by atoms with Crippen molar-refractivity contribution < 1.29 is 22.7 Å². The summed E-state index contributed by atoms with van der Waals surface area (Å²) < 4.78 is 27.7. The van der Waals surface area contributed by atoms with Crippen LogP contribution in [-0.4, -0.2) is 51.1 Å². The number of sulfone groups is 1. The van der Waals surface area contributed by atoms with E-state index in [0.29, 0.717) is 18.7 Å². The second-order valence-corrected chi connectivity index (χ2v) is 7.85. The maximum absolute atomic E-state index is 12.0. The van der Waals surface area contributed by atoms with Crippen LogP contribution >= 0.6 is 0 Å². The molecule has 0 unspecified atom stereocenters. The molecule has 0 saturated carbocycles. The van der Waals surface area contributed by atoms with Crippen LogP contribution in [0, 0.1) is 0 Å². The average molecular weight is 353 g/mol. The van der Waals surface area contributed by atoms with E-state index in [2.05, 4.69) is 6.58 Å². The normalized spacial score (nSPS) is 11.0. The van der Waals surface area contributed by atoms with Crippen LogP contribution in [0.1, 0.15) is 29.8 Å². The number of esters is 1. The van der Waals surface area contributed by atoms with Gasteiger partial charge in [0, 0.05) is 19.3 Å². The zero-order valence-electron chi connectivity index (χ0n) is 14.2. The number of amides is 1. The summed E-state index contributed by atoms with van der Waals surface area (Å²) in [5, 5.41) is 0. The maximum atomic E-state index is 12.0. The van der Waals surface area contributed by atoms with Gasteiger partial charge in [-0.2, -0.15) is 0 Å². The van der Waals surface area contributed by atoms with Crippen LogP contribution in [0.15, 0.2) is 36.4 Å². The quantitative estimate of drug-likeness (QED) is 0.526. The Morgan fingerprint density at radius 3 is 2.50 bits per heavy atom. The Morgan fingerprint density at radius 2 is 1.96 bits per heavy atom. The fourth-order valence-electron chi connectivity index (χ4n) is 2.09. The van der Waals surface area contributed by atoms with Crippen molar-refractivity contribution >= 4 is 21.7 Å². The molecule has 0 radical (unpaired) electrons. The molecule has 24 heavy (non-hydrogen) atoms. The molecule has 0 atom stereocenters. The highest BCUT2D eigenvalue weighted by Crippen LogP contribution is 2.10. The van der Waals surface area contributed by atoms with Gasteiger partial charge in [-0.25, -0.2) is 13.2 Å². The monoisotopic (exact) mass is 353 g/mol. The molecule has 0 bridgehead atoms. The van der Waals surface area contributed by atoms with E-state index < -0.39 is 15.8 Å². The van der Waals surface area contributed by atoms with E-state index in [1.54, 1.807) is 12.1 Å². The highest BCUT2D eigenvalue weighted by Gasteiger charge is 2.16. The van der Waals surface area contributed by atoms with Crippen LogP contribution < -0.4 is 0 Å². The van der Waals surface area contributed by atoms with Crippen molar-refractivity contribution in [3.05, 3.63) is 47.5 Å². The molecule has 0 saturated heterocycles. The predicted octanol–water partition coefficient (Wildman–Crippen LogP) is 1.81. The Hall–Kier alpha value is -2.15. The molecule has 0 aliphatic carbocycles. The molecule has 0 aliphatic heterocycles. The van der Waals surface area contributed by atoms with E-state index in [0.717, 1.165) is 11.8 Å². The minimum absolute atomic E-state index is 0.157. The van der Waals surface area contributed by atoms with Crippen LogP contribution in [0.4, 0.5) is 0 Å². The third-order valence-electron chi connectivity index (χ3n) is 3.11. The average Bonchev–Trinajstić information content (AvgIpc) is 2.48. The lowest BCUT2D eigenvalue weighted by Gasteiger charge is -2.20. The van der Waals surface area contributed by atoms with Gasteiger partial charge in [0.25, 0.3) is 5.91 Å². The first-order valence-electron chi connectivity index (χ1n) is 7.48. The minimum Gasteiger partial charge on any atom is -0.452 e. The number of ether oxygens (including phenoxy) is 1. The second kappa shape index (κ2) is 8.63. The summed E-state index contributed by atoms with van der Waals surface area (Å²) in [5.41, 5.74) is 1.55. The Morgan fingerprint density at radius 1 is 1.29 bits per heavy atom. The van der Waals surface area contributed by atoms with Gasteiger partial charge in [-0.1, -0.05) is 24.3 Å². The van der Waals surface area contributed by atoms with Crippen LogP contribution in [-0.2, 0) is 25.1 Å². The fraction of sp³-hybridized carbons (Fsp3) is 0.412. The van der Waals surface area contributed by atoms with E-state index in [-0.39, 0.29) is 23.8 Å². The van der Waals surface area contributed by atoms with E-state index in [1.165, 1.54) is 17.0 Å². The first-order valence-corrected chi connectivity index (χ1v) is 9.54. The van der Waals surface area contributed by atoms with Gasteiger partial charge in [0.2, 0.25) is 0 Å². The first-order chi connectivity index (χ1) is 11.1. The summed E-state index contributed by atoms with van der Waals surface area (Å²) in [6.07, 6.45) is 1.12. The van der Waals surface area contributed by atoms with Gasteiger partial charge in [0.15, 0.2) is 16.4 Å². The summed E-state index contributed by atoms with van der Waals surface area (Å²) in [4.78, 5) is 25.6.